The summed E-state index contributed by atoms with van der Waals surface area (Å²) in [5.74, 6) is 1.48. The Bertz CT molecular complexity index is 402. The quantitative estimate of drug-likeness (QED) is 0.813. The lowest BCUT2D eigenvalue weighted by Gasteiger charge is -2.22. The minimum absolute atomic E-state index is 0.169. The number of thioether (sulfide) groups is 1. The van der Waals surface area contributed by atoms with E-state index in [2.05, 4.69) is 10.3 Å². The summed E-state index contributed by atoms with van der Waals surface area (Å²) in [6.07, 6.45) is 8.39. The van der Waals surface area contributed by atoms with Crippen molar-refractivity contribution in [1.82, 2.24) is 10.3 Å². The van der Waals surface area contributed by atoms with Crippen molar-refractivity contribution in [2.45, 2.75) is 49.5 Å². The van der Waals surface area contributed by atoms with Crippen LogP contribution >= 0.6 is 11.8 Å². The number of amides is 1. The van der Waals surface area contributed by atoms with Gasteiger partial charge in [0.25, 0.3) is 0 Å². The molecule has 1 heterocycles. The number of nitrogens with zero attached hydrogens (tertiary/aromatic N) is 1. The number of pyridine rings is 1. The molecular formula is C14H21N3OS. The highest BCUT2D eigenvalue weighted by molar-refractivity contribution is 7.99. The fraction of sp³-hybridized carbons (Fsp3) is 0.571. The molecule has 1 fully saturated rings. The first-order valence-corrected chi connectivity index (χ1v) is 7.86. The third kappa shape index (κ3) is 5.11. The second-order valence-electron chi connectivity index (χ2n) is 4.92. The number of nitrogens with one attached hydrogen (secondary N) is 1. The molecule has 0 unspecified atom stereocenters. The van der Waals surface area contributed by atoms with Gasteiger partial charge in [0.15, 0.2) is 0 Å². The third-order valence-electron chi connectivity index (χ3n) is 3.33. The van der Waals surface area contributed by atoms with E-state index < -0.39 is 0 Å². The number of hydrogen-bond donors (Lipinski definition) is 2. The molecule has 1 aliphatic rings. The zero-order valence-electron chi connectivity index (χ0n) is 11.1. The highest BCUT2D eigenvalue weighted by atomic mass is 32.2. The molecule has 0 aromatic carbocycles. The topological polar surface area (TPSA) is 68.0 Å². The average molecular weight is 279 g/mol. The fourth-order valence-corrected chi connectivity index (χ4v) is 3.10. The van der Waals surface area contributed by atoms with E-state index in [1.807, 2.05) is 6.07 Å². The van der Waals surface area contributed by atoms with Crippen molar-refractivity contribution in [1.29, 1.82) is 0 Å². The van der Waals surface area contributed by atoms with Crippen LogP contribution in [-0.4, -0.2) is 22.7 Å². The Morgan fingerprint density at radius 1 is 1.37 bits per heavy atom. The predicted octanol–water partition coefficient (Wildman–Crippen LogP) is 2.59. The maximum absolute atomic E-state index is 11.8. The maximum Gasteiger partial charge on any atom is 0.221 e. The summed E-state index contributed by atoms with van der Waals surface area (Å²) >= 11 is 1.64. The second kappa shape index (κ2) is 7.38. The number of anilines is 1. The minimum atomic E-state index is 0.169. The number of carbonyl (C=O) groups is 1. The molecule has 0 radical (unpaired) electrons. The second-order valence-corrected chi connectivity index (χ2v) is 6.09. The van der Waals surface area contributed by atoms with Crippen molar-refractivity contribution in [2.24, 2.45) is 0 Å². The highest BCUT2D eigenvalue weighted by Crippen LogP contribution is 2.19. The number of carbonyl (C=O) groups excluding carboxylic acids is 1. The Hall–Kier alpha value is -1.23. The molecular weight excluding hydrogens is 258 g/mol. The average Bonchev–Trinajstić information content (AvgIpc) is 2.42. The van der Waals surface area contributed by atoms with E-state index in [0.29, 0.717) is 18.3 Å². The van der Waals surface area contributed by atoms with Gasteiger partial charge in [0.05, 0.1) is 0 Å². The van der Waals surface area contributed by atoms with E-state index in [0.717, 1.165) is 23.5 Å². The number of rotatable bonds is 5. The first-order valence-electron chi connectivity index (χ1n) is 6.88. The van der Waals surface area contributed by atoms with Gasteiger partial charge in [-0.05, 0) is 25.0 Å². The van der Waals surface area contributed by atoms with Crippen LogP contribution in [0, 0.1) is 0 Å². The van der Waals surface area contributed by atoms with E-state index >= 15 is 0 Å². The summed E-state index contributed by atoms with van der Waals surface area (Å²) in [6, 6.07) is 4.13. The van der Waals surface area contributed by atoms with E-state index in [9.17, 15) is 4.79 Å². The lowest BCUT2D eigenvalue weighted by atomic mass is 9.95. The third-order valence-corrected chi connectivity index (χ3v) is 4.31. The monoisotopic (exact) mass is 279 g/mol. The van der Waals surface area contributed by atoms with Gasteiger partial charge in [-0.15, -0.1) is 11.8 Å². The summed E-state index contributed by atoms with van der Waals surface area (Å²) in [5.41, 5.74) is 5.52. The van der Waals surface area contributed by atoms with Crippen LogP contribution in [0.2, 0.25) is 0 Å². The smallest absolute Gasteiger partial charge is 0.221 e. The molecule has 0 saturated heterocycles. The lowest BCUT2D eigenvalue weighted by Crippen LogP contribution is -2.36. The van der Waals surface area contributed by atoms with Crippen molar-refractivity contribution in [3.8, 4) is 0 Å². The van der Waals surface area contributed by atoms with Crippen molar-refractivity contribution >= 4 is 23.5 Å². The number of nitrogen functional groups attached to an aromatic ring is 1. The number of nitrogens with two attached hydrogens (primary N) is 1. The standard InChI is InChI=1S/C14H21N3OS/c15-13-7-6-12(10-16-13)19-9-8-14(18)17-11-4-2-1-3-5-11/h6-7,10-11H,1-5,8-9H2,(H2,15,16)(H,17,18). The molecule has 5 heteroatoms. The van der Waals surface area contributed by atoms with E-state index in [1.54, 1.807) is 24.0 Å². The first-order chi connectivity index (χ1) is 9.24. The first kappa shape index (κ1) is 14.2. The molecule has 1 aliphatic carbocycles. The van der Waals surface area contributed by atoms with Crippen LogP contribution in [0.1, 0.15) is 38.5 Å². The van der Waals surface area contributed by atoms with Crippen molar-refractivity contribution in [2.75, 3.05) is 11.5 Å². The van der Waals surface area contributed by atoms with Crippen LogP contribution in [0.3, 0.4) is 0 Å². The normalized spacial score (nSPS) is 16.2. The Morgan fingerprint density at radius 3 is 2.84 bits per heavy atom. The molecule has 4 nitrogen and oxygen atoms in total. The SMILES string of the molecule is Nc1ccc(SCCC(=O)NC2CCCCC2)cn1. The van der Waals surface area contributed by atoms with E-state index in [4.69, 9.17) is 5.73 Å². The van der Waals surface area contributed by atoms with Gasteiger partial charge >= 0.3 is 0 Å². The molecule has 0 spiro atoms. The lowest BCUT2D eigenvalue weighted by molar-refractivity contribution is -0.121. The summed E-state index contributed by atoms with van der Waals surface area (Å²) in [6.45, 7) is 0. The van der Waals surface area contributed by atoms with Crippen LogP contribution in [0.25, 0.3) is 0 Å². The molecule has 1 saturated carbocycles. The van der Waals surface area contributed by atoms with Gasteiger partial charge in [-0.1, -0.05) is 19.3 Å². The van der Waals surface area contributed by atoms with Gasteiger partial charge in [-0.3, -0.25) is 4.79 Å². The number of aromatic nitrogens is 1. The van der Waals surface area contributed by atoms with E-state index in [-0.39, 0.29) is 5.91 Å². The summed E-state index contributed by atoms with van der Waals surface area (Å²) in [7, 11) is 0. The Morgan fingerprint density at radius 2 is 2.16 bits per heavy atom. The van der Waals surface area contributed by atoms with Crippen molar-refractivity contribution in [3.63, 3.8) is 0 Å². The molecule has 1 amide bonds. The van der Waals surface area contributed by atoms with Gasteiger partial charge in [0.1, 0.15) is 5.82 Å². The van der Waals surface area contributed by atoms with Crippen molar-refractivity contribution < 1.29 is 4.79 Å². The van der Waals surface area contributed by atoms with Crippen LogP contribution < -0.4 is 11.1 Å². The van der Waals surface area contributed by atoms with Crippen LogP contribution in [-0.2, 0) is 4.79 Å². The number of hydrogen-bond acceptors (Lipinski definition) is 4. The zero-order valence-corrected chi connectivity index (χ0v) is 11.9. The molecule has 0 atom stereocenters. The molecule has 0 bridgehead atoms. The van der Waals surface area contributed by atoms with Crippen LogP contribution in [0.5, 0.6) is 0 Å². The molecule has 19 heavy (non-hydrogen) atoms. The van der Waals surface area contributed by atoms with Gasteiger partial charge in [0, 0.05) is 29.3 Å². The van der Waals surface area contributed by atoms with Crippen molar-refractivity contribution in [3.05, 3.63) is 18.3 Å². The minimum Gasteiger partial charge on any atom is -0.384 e. The predicted molar refractivity (Wildman–Crippen MR) is 79.0 cm³/mol. The summed E-state index contributed by atoms with van der Waals surface area (Å²) < 4.78 is 0. The zero-order chi connectivity index (χ0) is 13.5. The van der Waals surface area contributed by atoms with Crippen LogP contribution in [0.4, 0.5) is 5.82 Å². The fourth-order valence-electron chi connectivity index (χ4n) is 2.29. The molecule has 0 aliphatic heterocycles. The Labute approximate surface area is 118 Å². The van der Waals surface area contributed by atoms with Gasteiger partial charge in [0.2, 0.25) is 5.91 Å². The van der Waals surface area contributed by atoms with Crippen LogP contribution in [0.15, 0.2) is 23.2 Å². The van der Waals surface area contributed by atoms with Gasteiger partial charge in [-0.25, -0.2) is 4.98 Å². The Kier molecular flexibility index (Phi) is 5.51. The highest BCUT2D eigenvalue weighted by Gasteiger charge is 2.15. The Balaban J connectivity index is 1.64. The molecule has 1 aromatic heterocycles. The molecule has 2 rings (SSSR count). The van der Waals surface area contributed by atoms with Gasteiger partial charge < -0.3 is 11.1 Å². The maximum atomic E-state index is 11.8. The summed E-state index contributed by atoms with van der Waals surface area (Å²) in [4.78, 5) is 16.9. The molecule has 104 valence electrons. The van der Waals surface area contributed by atoms with E-state index in [1.165, 1.54) is 19.3 Å². The molecule has 1 aromatic rings. The largest absolute Gasteiger partial charge is 0.384 e. The summed E-state index contributed by atoms with van der Waals surface area (Å²) in [5, 5.41) is 3.13. The molecule has 3 N–H and O–H groups in total. The van der Waals surface area contributed by atoms with Gasteiger partial charge in [-0.2, -0.15) is 0 Å².